The van der Waals surface area contributed by atoms with Gasteiger partial charge in [-0.05, 0) is 6.42 Å². The van der Waals surface area contributed by atoms with Crippen molar-refractivity contribution in [3.63, 3.8) is 0 Å². The van der Waals surface area contributed by atoms with Gasteiger partial charge in [-0.15, -0.1) is 11.3 Å². The van der Waals surface area contributed by atoms with E-state index in [0.29, 0.717) is 5.01 Å². The van der Waals surface area contributed by atoms with E-state index in [9.17, 15) is 4.79 Å². The molecular weight excluding hydrogens is 134 g/mol. The Hall–Kier alpha value is -0.700. The summed E-state index contributed by atoms with van der Waals surface area (Å²) in [5.74, 6) is 0. The van der Waals surface area contributed by atoms with E-state index in [4.69, 9.17) is 0 Å². The van der Waals surface area contributed by atoms with Crippen molar-refractivity contribution in [3.8, 4) is 0 Å². The van der Waals surface area contributed by atoms with Crippen molar-refractivity contribution in [2.24, 2.45) is 0 Å². The van der Waals surface area contributed by atoms with E-state index in [2.05, 4.69) is 4.98 Å². The van der Waals surface area contributed by atoms with Crippen LogP contribution < -0.4 is 0 Å². The molecule has 1 aromatic rings. The molecule has 0 radical (unpaired) electrons. The Morgan fingerprint density at radius 3 is 3.00 bits per heavy atom. The third kappa shape index (κ3) is 1.36. The molecule has 1 aromatic heterocycles. The molecule has 0 saturated carbocycles. The molecule has 48 valence electrons. The molecule has 2 nitrogen and oxygen atoms in total. The number of carbonyl (C=O) groups is 1. The summed E-state index contributed by atoms with van der Waals surface area (Å²) in [7, 11) is 0. The second-order valence-electron chi connectivity index (χ2n) is 1.64. The zero-order valence-electron chi connectivity index (χ0n) is 5.13. The van der Waals surface area contributed by atoms with E-state index in [1.54, 1.807) is 6.20 Å². The van der Waals surface area contributed by atoms with Crippen LogP contribution in [-0.2, 0) is 6.42 Å². The lowest BCUT2D eigenvalue weighted by Crippen LogP contribution is -1.69. The van der Waals surface area contributed by atoms with E-state index in [1.807, 2.05) is 6.92 Å². The Kier molecular flexibility index (Phi) is 1.95. The third-order valence-electron chi connectivity index (χ3n) is 1.02. The second kappa shape index (κ2) is 2.73. The van der Waals surface area contributed by atoms with Gasteiger partial charge < -0.3 is 0 Å². The lowest BCUT2D eigenvalue weighted by molar-refractivity contribution is 0.112. The lowest BCUT2D eigenvalue weighted by atomic mass is 10.4. The van der Waals surface area contributed by atoms with Crippen LogP contribution in [0.1, 0.15) is 21.6 Å². The van der Waals surface area contributed by atoms with Crippen LogP contribution in [0.25, 0.3) is 0 Å². The normalized spacial score (nSPS) is 9.44. The molecule has 1 heterocycles. The fourth-order valence-corrected chi connectivity index (χ4v) is 1.21. The van der Waals surface area contributed by atoms with Crippen molar-refractivity contribution in [2.45, 2.75) is 13.3 Å². The summed E-state index contributed by atoms with van der Waals surface area (Å²) in [5, 5.41) is 0.576. The summed E-state index contributed by atoms with van der Waals surface area (Å²) in [5.41, 5.74) is 0. The van der Waals surface area contributed by atoms with Gasteiger partial charge >= 0.3 is 0 Å². The molecule has 9 heavy (non-hydrogen) atoms. The first-order valence-electron chi connectivity index (χ1n) is 2.76. The third-order valence-corrected chi connectivity index (χ3v) is 2.09. The van der Waals surface area contributed by atoms with Crippen LogP contribution in [0.5, 0.6) is 0 Å². The molecule has 3 heteroatoms. The summed E-state index contributed by atoms with van der Waals surface area (Å²) in [6, 6.07) is 0. The maximum absolute atomic E-state index is 10.1. The van der Waals surface area contributed by atoms with Gasteiger partial charge in [0.05, 0.1) is 0 Å². The van der Waals surface area contributed by atoms with Crippen LogP contribution in [-0.4, -0.2) is 11.3 Å². The molecule has 1 rings (SSSR count). The Bertz CT molecular complexity index is 207. The highest BCUT2D eigenvalue weighted by Crippen LogP contribution is 2.10. The highest BCUT2D eigenvalue weighted by molar-refractivity contribution is 7.13. The van der Waals surface area contributed by atoms with Crippen molar-refractivity contribution >= 4 is 17.6 Å². The molecule has 0 N–H and O–H groups in total. The molecule has 0 amide bonds. The van der Waals surface area contributed by atoms with E-state index in [0.717, 1.165) is 17.6 Å². The molecule has 0 spiro atoms. The topological polar surface area (TPSA) is 30.0 Å². The molecule has 0 aliphatic rings. The average Bonchev–Trinajstić information content (AvgIpc) is 2.34. The molecular formula is C6H7NOS. The summed E-state index contributed by atoms with van der Waals surface area (Å²) in [6.07, 6.45) is 3.49. The molecule has 0 aromatic carbocycles. The van der Waals surface area contributed by atoms with Gasteiger partial charge in [-0.2, -0.15) is 0 Å². The van der Waals surface area contributed by atoms with Crippen molar-refractivity contribution in [3.05, 3.63) is 16.1 Å². The fourth-order valence-electron chi connectivity index (χ4n) is 0.541. The Morgan fingerprint density at radius 2 is 2.67 bits per heavy atom. The van der Waals surface area contributed by atoms with E-state index in [1.165, 1.54) is 11.3 Å². The molecule has 0 bridgehead atoms. The van der Waals surface area contributed by atoms with Crippen molar-refractivity contribution in [1.82, 2.24) is 4.98 Å². The zero-order valence-corrected chi connectivity index (χ0v) is 5.94. The van der Waals surface area contributed by atoms with E-state index < -0.39 is 0 Å². The predicted octanol–water partition coefficient (Wildman–Crippen LogP) is 1.52. The molecule has 0 atom stereocenters. The summed E-state index contributed by atoms with van der Waals surface area (Å²) >= 11 is 1.45. The largest absolute Gasteiger partial charge is 0.295 e. The van der Waals surface area contributed by atoms with Gasteiger partial charge in [-0.25, -0.2) is 4.98 Å². The Balaban J connectivity index is 2.86. The smallest absolute Gasteiger partial charge is 0.178 e. The zero-order chi connectivity index (χ0) is 6.69. The first kappa shape index (κ1) is 6.42. The number of aryl methyl sites for hydroxylation is 1. The van der Waals surface area contributed by atoms with Gasteiger partial charge in [0.25, 0.3) is 0 Å². The van der Waals surface area contributed by atoms with Crippen LogP contribution in [0.2, 0.25) is 0 Å². The fraction of sp³-hybridized carbons (Fsp3) is 0.333. The van der Waals surface area contributed by atoms with E-state index >= 15 is 0 Å². The van der Waals surface area contributed by atoms with Gasteiger partial charge in [0.15, 0.2) is 11.3 Å². The van der Waals surface area contributed by atoms with Crippen LogP contribution >= 0.6 is 11.3 Å². The summed E-state index contributed by atoms with van der Waals surface area (Å²) < 4.78 is 0. The number of thiazole rings is 1. The number of hydrogen-bond acceptors (Lipinski definition) is 3. The minimum absolute atomic E-state index is 0.576. The predicted molar refractivity (Wildman–Crippen MR) is 36.9 cm³/mol. The Morgan fingerprint density at radius 1 is 1.89 bits per heavy atom. The quantitative estimate of drug-likeness (QED) is 0.584. The van der Waals surface area contributed by atoms with Crippen molar-refractivity contribution < 1.29 is 4.79 Å². The number of carbonyl (C=O) groups excluding carboxylic acids is 1. The first-order valence-corrected chi connectivity index (χ1v) is 3.58. The monoisotopic (exact) mass is 141 g/mol. The maximum Gasteiger partial charge on any atom is 0.178 e. The van der Waals surface area contributed by atoms with E-state index in [-0.39, 0.29) is 0 Å². The number of rotatable bonds is 2. The SMILES string of the molecule is CCc1cnc(C=O)s1. The van der Waals surface area contributed by atoms with Gasteiger partial charge in [0.1, 0.15) is 0 Å². The average molecular weight is 141 g/mol. The number of hydrogen-bond donors (Lipinski definition) is 0. The molecule has 0 unspecified atom stereocenters. The highest BCUT2D eigenvalue weighted by Gasteiger charge is 1.95. The maximum atomic E-state index is 10.1. The molecule has 0 saturated heterocycles. The van der Waals surface area contributed by atoms with Gasteiger partial charge in [-0.1, -0.05) is 6.92 Å². The number of aldehydes is 1. The second-order valence-corrected chi connectivity index (χ2v) is 2.78. The van der Waals surface area contributed by atoms with Crippen LogP contribution in [0.3, 0.4) is 0 Å². The lowest BCUT2D eigenvalue weighted by Gasteiger charge is -1.77. The molecule has 0 aliphatic heterocycles. The van der Waals surface area contributed by atoms with Crippen LogP contribution in [0.4, 0.5) is 0 Å². The van der Waals surface area contributed by atoms with Gasteiger partial charge in [-0.3, -0.25) is 4.79 Å². The van der Waals surface area contributed by atoms with Crippen molar-refractivity contribution in [1.29, 1.82) is 0 Å². The van der Waals surface area contributed by atoms with Crippen molar-refractivity contribution in [2.75, 3.05) is 0 Å². The summed E-state index contributed by atoms with van der Waals surface area (Å²) in [4.78, 5) is 15.1. The first-order chi connectivity index (χ1) is 4.36. The molecule has 0 aliphatic carbocycles. The van der Waals surface area contributed by atoms with Crippen LogP contribution in [0.15, 0.2) is 6.20 Å². The minimum Gasteiger partial charge on any atom is -0.295 e. The number of nitrogens with zero attached hydrogens (tertiary/aromatic N) is 1. The van der Waals surface area contributed by atoms with Gasteiger partial charge in [0.2, 0.25) is 0 Å². The number of aromatic nitrogens is 1. The van der Waals surface area contributed by atoms with Crippen LogP contribution in [0, 0.1) is 0 Å². The standard InChI is InChI=1S/C6H7NOS/c1-2-5-3-7-6(4-8)9-5/h3-4H,2H2,1H3. The molecule has 0 fully saturated rings. The highest BCUT2D eigenvalue weighted by atomic mass is 32.1. The summed E-state index contributed by atoms with van der Waals surface area (Å²) in [6.45, 7) is 2.04. The Labute approximate surface area is 57.5 Å². The van der Waals surface area contributed by atoms with Gasteiger partial charge in [0, 0.05) is 11.1 Å². The minimum atomic E-state index is 0.576.